The Balaban J connectivity index is 2.34. The van der Waals surface area contributed by atoms with E-state index in [0.29, 0.717) is 19.4 Å². The lowest BCUT2D eigenvalue weighted by Gasteiger charge is -2.15. The van der Waals surface area contributed by atoms with Gasteiger partial charge in [-0.2, -0.15) is 0 Å². The number of carbonyl (C=O) groups excluding carboxylic acids is 1. The van der Waals surface area contributed by atoms with Gasteiger partial charge in [0.05, 0.1) is 18.1 Å². The number of hydrogen-bond acceptors (Lipinski definition) is 4. The van der Waals surface area contributed by atoms with Crippen molar-refractivity contribution in [2.24, 2.45) is 5.92 Å². The Labute approximate surface area is 107 Å². The average Bonchev–Trinajstić information content (AvgIpc) is 2.82. The molecule has 3 atom stereocenters. The number of carbonyl (C=O) groups is 2. The van der Waals surface area contributed by atoms with Gasteiger partial charge in [-0.05, 0) is 12.8 Å². The van der Waals surface area contributed by atoms with Crippen LogP contribution in [0.15, 0.2) is 0 Å². The Hall–Kier alpha value is -1.14. The number of methoxy groups -OCH3 is 1. The predicted molar refractivity (Wildman–Crippen MR) is 66.2 cm³/mol. The van der Waals surface area contributed by atoms with Crippen molar-refractivity contribution < 1.29 is 19.4 Å². The molecular formula is C12H22N2O4. The first-order valence-electron chi connectivity index (χ1n) is 6.35. The van der Waals surface area contributed by atoms with Gasteiger partial charge < -0.3 is 20.5 Å². The second-order valence-corrected chi connectivity index (χ2v) is 4.62. The smallest absolute Gasteiger partial charge is 0.308 e. The topological polar surface area (TPSA) is 87.7 Å². The van der Waals surface area contributed by atoms with E-state index in [0.717, 1.165) is 6.42 Å². The molecule has 0 aromatic carbocycles. The summed E-state index contributed by atoms with van der Waals surface area (Å²) in [7, 11) is 1.62. The summed E-state index contributed by atoms with van der Waals surface area (Å²) in [6, 6.07) is -0.272. The first-order valence-corrected chi connectivity index (χ1v) is 6.35. The monoisotopic (exact) mass is 258 g/mol. The highest BCUT2D eigenvalue weighted by atomic mass is 16.5. The van der Waals surface area contributed by atoms with Crippen molar-refractivity contribution in [1.29, 1.82) is 0 Å². The molecule has 0 aliphatic carbocycles. The van der Waals surface area contributed by atoms with Crippen LogP contribution in [-0.2, 0) is 14.3 Å². The Morgan fingerprint density at radius 2 is 2.28 bits per heavy atom. The minimum atomic E-state index is -0.855. The van der Waals surface area contributed by atoms with Gasteiger partial charge in [0, 0.05) is 20.2 Å². The van der Waals surface area contributed by atoms with Crippen LogP contribution >= 0.6 is 0 Å². The Bertz CT molecular complexity index is 296. The molecule has 1 aliphatic heterocycles. The maximum Gasteiger partial charge on any atom is 0.308 e. The van der Waals surface area contributed by atoms with E-state index in [1.165, 1.54) is 0 Å². The second kappa shape index (κ2) is 7.33. The standard InChI is InChI=1S/C12H22N2O4/c1-3-4-8(12(16)17)6-14-11(15)10-5-9(18-2)7-13-10/h8-10,13H,3-7H2,1-2H3,(H,14,15)(H,16,17). The quantitative estimate of drug-likeness (QED) is 0.597. The predicted octanol–water partition coefficient (Wildman–Crippen LogP) is -0.0196. The van der Waals surface area contributed by atoms with Crippen molar-refractivity contribution in [3.63, 3.8) is 0 Å². The lowest BCUT2D eigenvalue weighted by atomic mass is 10.0. The molecule has 3 unspecified atom stereocenters. The Kier molecular flexibility index (Phi) is 6.07. The van der Waals surface area contributed by atoms with Crippen LogP contribution in [0.5, 0.6) is 0 Å². The highest BCUT2D eigenvalue weighted by molar-refractivity contribution is 5.82. The third-order valence-electron chi connectivity index (χ3n) is 3.25. The summed E-state index contributed by atoms with van der Waals surface area (Å²) in [5.74, 6) is -1.50. The zero-order valence-electron chi connectivity index (χ0n) is 10.9. The van der Waals surface area contributed by atoms with E-state index in [1.54, 1.807) is 7.11 Å². The molecule has 6 nitrogen and oxygen atoms in total. The maximum absolute atomic E-state index is 11.8. The molecule has 0 aromatic rings. The molecule has 6 heteroatoms. The largest absolute Gasteiger partial charge is 0.481 e. The molecule has 1 amide bonds. The average molecular weight is 258 g/mol. The molecule has 0 aromatic heterocycles. The summed E-state index contributed by atoms with van der Waals surface area (Å²) in [6.07, 6.45) is 2.06. The number of rotatable bonds is 7. The fourth-order valence-electron chi connectivity index (χ4n) is 2.09. The van der Waals surface area contributed by atoms with Crippen molar-refractivity contribution in [3.05, 3.63) is 0 Å². The van der Waals surface area contributed by atoms with E-state index in [2.05, 4.69) is 10.6 Å². The molecule has 3 N–H and O–H groups in total. The van der Waals surface area contributed by atoms with Crippen LogP contribution in [0, 0.1) is 5.92 Å². The van der Waals surface area contributed by atoms with Crippen LogP contribution in [0.2, 0.25) is 0 Å². The molecule has 1 saturated heterocycles. The summed E-state index contributed by atoms with van der Waals surface area (Å²) in [5, 5.41) is 14.7. The van der Waals surface area contributed by atoms with Gasteiger partial charge in [0.25, 0.3) is 0 Å². The third kappa shape index (κ3) is 4.27. The molecule has 1 rings (SSSR count). The van der Waals surface area contributed by atoms with Crippen LogP contribution in [-0.4, -0.2) is 49.3 Å². The van der Waals surface area contributed by atoms with Crippen LogP contribution < -0.4 is 10.6 Å². The van der Waals surface area contributed by atoms with Gasteiger partial charge in [0.2, 0.25) is 5.91 Å². The summed E-state index contributed by atoms with van der Waals surface area (Å²) in [5.41, 5.74) is 0. The summed E-state index contributed by atoms with van der Waals surface area (Å²) in [4.78, 5) is 22.8. The van der Waals surface area contributed by atoms with E-state index in [1.807, 2.05) is 6.92 Å². The first-order chi connectivity index (χ1) is 8.58. The van der Waals surface area contributed by atoms with Crippen molar-refractivity contribution >= 4 is 11.9 Å². The number of carboxylic acids is 1. The molecule has 1 aliphatic rings. The normalized spacial score (nSPS) is 24.8. The SMILES string of the molecule is CCCC(CNC(=O)C1CC(OC)CN1)C(=O)O. The van der Waals surface area contributed by atoms with Gasteiger partial charge in [0.1, 0.15) is 0 Å². The van der Waals surface area contributed by atoms with E-state index in [-0.39, 0.29) is 24.6 Å². The summed E-state index contributed by atoms with van der Waals surface area (Å²) < 4.78 is 5.16. The summed E-state index contributed by atoms with van der Waals surface area (Å²) in [6.45, 7) is 2.78. The van der Waals surface area contributed by atoms with E-state index in [4.69, 9.17) is 9.84 Å². The number of ether oxygens (including phenoxy) is 1. The third-order valence-corrected chi connectivity index (χ3v) is 3.25. The highest BCUT2D eigenvalue weighted by Gasteiger charge is 2.29. The molecule has 104 valence electrons. The lowest BCUT2D eigenvalue weighted by molar-refractivity contribution is -0.142. The van der Waals surface area contributed by atoms with Gasteiger partial charge >= 0.3 is 5.97 Å². The van der Waals surface area contributed by atoms with Gasteiger partial charge in [-0.15, -0.1) is 0 Å². The molecule has 1 fully saturated rings. The van der Waals surface area contributed by atoms with Crippen molar-refractivity contribution in [3.8, 4) is 0 Å². The van der Waals surface area contributed by atoms with Crippen LogP contribution in [0.1, 0.15) is 26.2 Å². The first kappa shape index (κ1) is 14.9. The van der Waals surface area contributed by atoms with E-state index < -0.39 is 11.9 Å². The number of carboxylic acid groups (broad SMARTS) is 1. The minimum Gasteiger partial charge on any atom is -0.481 e. The van der Waals surface area contributed by atoms with Crippen LogP contribution in [0.25, 0.3) is 0 Å². The summed E-state index contributed by atoms with van der Waals surface area (Å²) >= 11 is 0. The number of nitrogens with one attached hydrogen (secondary N) is 2. The zero-order chi connectivity index (χ0) is 13.5. The second-order valence-electron chi connectivity index (χ2n) is 4.62. The van der Waals surface area contributed by atoms with Gasteiger partial charge in [-0.3, -0.25) is 9.59 Å². The van der Waals surface area contributed by atoms with Crippen molar-refractivity contribution in [2.75, 3.05) is 20.2 Å². The fourth-order valence-corrected chi connectivity index (χ4v) is 2.09. The van der Waals surface area contributed by atoms with Gasteiger partial charge in [-0.25, -0.2) is 0 Å². The maximum atomic E-state index is 11.8. The van der Waals surface area contributed by atoms with Crippen molar-refractivity contribution in [1.82, 2.24) is 10.6 Å². The van der Waals surface area contributed by atoms with Gasteiger partial charge in [0.15, 0.2) is 0 Å². The zero-order valence-corrected chi connectivity index (χ0v) is 10.9. The number of aliphatic carboxylic acids is 1. The molecule has 0 saturated carbocycles. The number of hydrogen-bond donors (Lipinski definition) is 3. The minimum absolute atomic E-state index is 0.0617. The fraction of sp³-hybridized carbons (Fsp3) is 0.833. The molecular weight excluding hydrogens is 236 g/mol. The van der Waals surface area contributed by atoms with Crippen LogP contribution in [0.3, 0.4) is 0 Å². The molecule has 0 spiro atoms. The lowest BCUT2D eigenvalue weighted by Crippen LogP contribution is -2.43. The number of amides is 1. The Morgan fingerprint density at radius 3 is 2.78 bits per heavy atom. The van der Waals surface area contributed by atoms with E-state index >= 15 is 0 Å². The van der Waals surface area contributed by atoms with E-state index in [9.17, 15) is 9.59 Å². The molecule has 1 heterocycles. The van der Waals surface area contributed by atoms with Crippen LogP contribution in [0.4, 0.5) is 0 Å². The van der Waals surface area contributed by atoms with Gasteiger partial charge in [-0.1, -0.05) is 13.3 Å². The Morgan fingerprint density at radius 1 is 1.56 bits per heavy atom. The molecule has 18 heavy (non-hydrogen) atoms. The van der Waals surface area contributed by atoms with Crippen molar-refractivity contribution in [2.45, 2.75) is 38.3 Å². The molecule has 0 bridgehead atoms. The highest BCUT2D eigenvalue weighted by Crippen LogP contribution is 2.10. The molecule has 0 radical (unpaired) electrons.